The summed E-state index contributed by atoms with van der Waals surface area (Å²) in [6.07, 6.45) is 1.89. The Morgan fingerprint density at radius 3 is 2.73 bits per heavy atom. The van der Waals surface area contributed by atoms with Crippen molar-refractivity contribution in [3.8, 4) is 11.3 Å². The third-order valence-electron chi connectivity index (χ3n) is 1.94. The van der Waals surface area contributed by atoms with Crippen molar-refractivity contribution in [2.45, 2.75) is 6.92 Å². The zero-order valence-electron chi connectivity index (χ0n) is 8.47. The van der Waals surface area contributed by atoms with Crippen LogP contribution in [-0.2, 0) is 0 Å². The Morgan fingerprint density at radius 2 is 2.07 bits per heavy atom. The van der Waals surface area contributed by atoms with Gasteiger partial charge in [-0.2, -0.15) is 0 Å². The topological polar surface area (TPSA) is 38.9 Å². The first-order valence-corrected chi connectivity index (χ1v) is 5.58. The Bertz CT molecular complexity index is 467. The molecule has 0 fully saturated rings. The van der Waals surface area contributed by atoms with Gasteiger partial charge in [0.25, 0.3) is 0 Å². The highest BCUT2D eigenvalue weighted by Crippen LogP contribution is 2.22. The molecular weight excluding hydrogens is 204 g/mol. The van der Waals surface area contributed by atoms with E-state index in [1.165, 1.54) is 0 Å². The largest absolute Gasteiger partial charge is 0.402 e. The lowest BCUT2D eigenvalue weighted by Gasteiger charge is -1.93. The van der Waals surface area contributed by atoms with Gasteiger partial charge < -0.3 is 5.73 Å². The Morgan fingerprint density at radius 1 is 1.33 bits per heavy atom. The Hall–Kier alpha value is -1.61. The normalized spacial score (nSPS) is 11.7. The highest BCUT2D eigenvalue weighted by atomic mass is 32.1. The second-order valence-corrected chi connectivity index (χ2v) is 4.22. The number of allylic oxidation sites excluding steroid dienone is 1. The molecule has 15 heavy (non-hydrogen) atoms. The summed E-state index contributed by atoms with van der Waals surface area (Å²) >= 11 is 1.61. The second kappa shape index (κ2) is 4.28. The number of hydrogen-bond acceptors (Lipinski definition) is 3. The molecule has 0 aliphatic heterocycles. The fourth-order valence-electron chi connectivity index (χ4n) is 1.29. The summed E-state index contributed by atoms with van der Waals surface area (Å²) in [6.45, 7) is 1.86. The number of benzene rings is 1. The van der Waals surface area contributed by atoms with Crippen molar-refractivity contribution >= 4 is 17.4 Å². The molecule has 2 aromatic rings. The van der Waals surface area contributed by atoms with E-state index < -0.39 is 0 Å². The van der Waals surface area contributed by atoms with Crippen molar-refractivity contribution < 1.29 is 0 Å². The van der Waals surface area contributed by atoms with E-state index in [0.29, 0.717) is 0 Å². The first kappa shape index (κ1) is 9.93. The molecule has 1 aromatic heterocycles. The van der Waals surface area contributed by atoms with Crippen molar-refractivity contribution in [2.75, 3.05) is 0 Å². The average Bonchev–Trinajstić information content (AvgIpc) is 2.67. The third-order valence-corrected chi connectivity index (χ3v) is 2.73. The lowest BCUT2D eigenvalue weighted by atomic mass is 10.2. The maximum atomic E-state index is 5.60. The molecule has 2 N–H and O–H groups in total. The van der Waals surface area contributed by atoms with Gasteiger partial charge in [-0.1, -0.05) is 30.3 Å². The molecule has 1 aromatic carbocycles. The summed E-state index contributed by atoms with van der Waals surface area (Å²) in [5.41, 5.74) is 8.53. The number of nitrogens with two attached hydrogens (primary N) is 1. The third kappa shape index (κ3) is 2.44. The monoisotopic (exact) mass is 216 g/mol. The van der Waals surface area contributed by atoms with Crippen LogP contribution in [0.15, 0.2) is 41.4 Å². The van der Waals surface area contributed by atoms with Crippen LogP contribution in [0.3, 0.4) is 0 Å². The van der Waals surface area contributed by atoms with E-state index in [-0.39, 0.29) is 0 Å². The van der Waals surface area contributed by atoms with Gasteiger partial charge in [0.1, 0.15) is 5.01 Å². The number of rotatable bonds is 2. The van der Waals surface area contributed by atoms with E-state index >= 15 is 0 Å². The molecule has 0 saturated heterocycles. The molecule has 0 aliphatic rings. The summed E-state index contributed by atoms with van der Waals surface area (Å²) in [4.78, 5) is 4.48. The minimum absolute atomic E-state index is 0.781. The van der Waals surface area contributed by atoms with Crippen LogP contribution in [0.2, 0.25) is 0 Å². The maximum absolute atomic E-state index is 5.60. The molecule has 1 heterocycles. The molecule has 2 rings (SSSR count). The van der Waals surface area contributed by atoms with Gasteiger partial charge in [-0.15, -0.1) is 11.3 Å². The predicted molar refractivity (Wildman–Crippen MR) is 65.4 cm³/mol. The van der Waals surface area contributed by atoms with E-state index in [2.05, 4.69) is 17.1 Å². The lowest BCUT2D eigenvalue weighted by molar-refractivity contribution is 1.32. The van der Waals surface area contributed by atoms with Crippen molar-refractivity contribution in [1.82, 2.24) is 4.98 Å². The molecule has 76 valence electrons. The molecule has 0 radical (unpaired) electrons. The fourth-order valence-corrected chi connectivity index (χ4v) is 2.12. The first-order chi connectivity index (χ1) is 7.25. The van der Waals surface area contributed by atoms with Gasteiger partial charge in [0.15, 0.2) is 0 Å². The predicted octanol–water partition coefficient (Wildman–Crippen LogP) is 3.13. The highest BCUT2D eigenvalue weighted by molar-refractivity contribution is 7.10. The van der Waals surface area contributed by atoms with Crippen LogP contribution in [-0.4, -0.2) is 4.98 Å². The van der Waals surface area contributed by atoms with Crippen LogP contribution in [0.25, 0.3) is 17.3 Å². The van der Waals surface area contributed by atoms with Crippen LogP contribution in [0.4, 0.5) is 0 Å². The molecule has 0 atom stereocenters. The van der Waals surface area contributed by atoms with E-state index in [0.717, 1.165) is 22.0 Å². The van der Waals surface area contributed by atoms with Crippen molar-refractivity contribution in [3.05, 3.63) is 46.4 Å². The zero-order valence-corrected chi connectivity index (χ0v) is 9.29. The fraction of sp³-hybridized carbons (Fsp3) is 0.0833. The van der Waals surface area contributed by atoms with Gasteiger partial charge in [0.05, 0.1) is 5.69 Å². The molecule has 0 amide bonds. The van der Waals surface area contributed by atoms with Crippen LogP contribution in [0.5, 0.6) is 0 Å². The summed E-state index contributed by atoms with van der Waals surface area (Å²) < 4.78 is 0. The maximum Gasteiger partial charge on any atom is 0.118 e. The summed E-state index contributed by atoms with van der Waals surface area (Å²) in [7, 11) is 0. The number of nitrogens with zero attached hydrogens (tertiary/aromatic N) is 1. The molecule has 0 bridgehead atoms. The van der Waals surface area contributed by atoms with Gasteiger partial charge in [-0.3, -0.25) is 0 Å². The first-order valence-electron chi connectivity index (χ1n) is 4.70. The van der Waals surface area contributed by atoms with E-state index in [4.69, 9.17) is 5.73 Å². The average molecular weight is 216 g/mol. The van der Waals surface area contributed by atoms with Gasteiger partial charge in [0, 0.05) is 16.6 Å². The lowest BCUT2D eigenvalue weighted by Crippen LogP contribution is -1.88. The number of thiazole rings is 1. The minimum atomic E-state index is 0.781. The number of hydrogen-bond donors (Lipinski definition) is 1. The summed E-state index contributed by atoms with van der Waals surface area (Å²) in [6, 6.07) is 10.1. The smallest absolute Gasteiger partial charge is 0.118 e. The molecule has 0 saturated carbocycles. The van der Waals surface area contributed by atoms with Gasteiger partial charge in [0.2, 0.25) is 0 Å². The second-order valence-electron chi connectivity index (χ2n) is 3.33. The van der Waals surface area contributed by atoms with E-state index in [1.807, 2.05) is 36.6 Å². The minimum Gasteiger partial charge on any atom is -0.402 e. The molecule has 2 nitrogen and oxygen atoms in total. The van der Waals surface area contributed by atoms with Gasteiger partial charge in [-0.05, 0) is 13.0 Å². The van der Waals surface area contributed by atoms with Crippen LogP contribution in [0.1, 0.15) is 11.9 Å². The zero-order chi connectivity index (χ0) is 10.7. The van der Waals surface area contributed by atoms with Crippen molar-refractivity contribution in [3.63, 3.8) is 0 Å². The molecule has 0 aliphatic carbocycles. The molecule has 3 heteroatoms. The Kier molecular flexibility index (Phi) is 2.83. The highest BCUT2D eigenvalue weighted by Gasteiger charge is 2.01. The van der Waals surface area contributed by atoms with Gasteiger partial charge >= 0.3 is 0 Å². The van der Waals surface area contributed by atoms with E-state index in [1.54, 1.807) is 11.3 Å². The summed E-state index contributed by atoms with van der Waals surface area (Å²) in [5.74, 6) is 0. The van der Waals surface area contributed by atoms with Crippen molar-refractivity contribution in [2.24, 2.45) is 5.73 Å². The van der Waals surface area contributed by atoms with E-state index in [9.17, 15) is 0 Å². The van der Waals surface area contributed by atoms with Crippen LogP contribution in [0, 0.1) is 0 Å². The Balaban J connectivity index is 2.32. The SMILES string of the molecule is C/C(N)=C\c1nc(-c2ccccc2)cs1. The Labute approximate surface area is 93.1 Å². The standard InChI is InChI=1S/C12H12N2S/c1-9(13)7-12-14-11(8-15-12)10-5-3-2-4-6-10/h2-8H,13H2,1H3/b9-7+. The van der Waals surface area contributed by atoms with Crippen molar-refractivity contribution in [1.29, 1.82) is 0 Å². The number of aromatic nitrogens is 1. The molecule has 0 spiro atoms. The van der Waals surface area contributed by atoms with Gasteiger partial charge in [-0.25, -0.2) is 4.98 Å². The van der Waals surface area contributed by atoms with Crippen LogP contribution < -0.4 is 5.73 Å². The summed E-state index contributed by atoms with van der Waals surface area (Å²) in [5, 5.41) is 3.00. The molecular formula is C12H12N2S. The molecule has 0 unspecified atom stereocenters. The quantitative estimate of drug-likeness (QED) is 0.837. The van der Waals surface area contributed by atoms with Crippen LogP contribution >= 0.6 is 11.3 Å².